The van der Waals surface area contributed by atoms with Crippen LogP contribution in [0, 0.1) is 11.7 Å². The first-order chi connectivity index (χ1) is 19.5. The van der Waals surface area contributed by atoms with E-state index in [9.17, 15) is 14.0 Å². The Morgan fingerprint density at radius 2 is 2.00 bits per heavy atom. The molecule has 1 unspecified atom stereocenters. The number of aromatic amines is 1. The monoisotopic (exact) mass is 549 g/mol. The molecule has 1 aromatic carbocycles. The second kappa shape index (κ2) is 11.1. The molecule has 11 heteroatoms. The molecule has 7 rings (SSSR count). The van der Waals surface area contributed by atoms with E-state index in [-0.39, 0.29) is 29.6 Å². The van der Waals surface area contributed by atoms with Crippen molar-refractivity contribution in [2.45, 2.75) is 31.6 Å². The molecule has 2 aromatic heterocycles. The quantitative estimate of drug-likeness (QED) is 0.429. The van der Waals surface area contributed by atoms with Crippen LogP contribution in [0.5, 0.6) is 11.5 Å². The molecule has 1 fully saturated rings. The number of H-pyrrole nitrogens is 1. The molecule has 4 bridgehead atoms. The van der Waals surface area contributed by atoms with Crippen molar-refractivity contribution < 1.29 is 28.2 Å². The lowest BCUT2D eigenvalue weighted by Crippen LogP contribution is -2.40. The van der Waals surface area contributed by atoms with Gasteiger partial charge < -0.3 is 34.7 Å². The molecular weight excluding hydrogens is 517 g/mol. The van der Waals surface area contributed by atoms with Gasteiger partial charge in [0.15, 0.2) is 11.6 Å². The number of rotatable bonds is 3. The molecule has 3 aromatic rings. The molecule has 0 radical (unpaired) electrons. The Bertz CT molecular complexity index is 1420. The smallest absolute Gasteiger partial charge is 0.409 e. The fraction of sp³-hybridized carbons (Fsp3) is 0.414. The van der Waals surface area contributed by atoms with Crippen molar-refractivity contribution in [2.24, 2.45) is 5.92 Å². The molecule has 2 amide bonds. The summed E-state index contributed by atoms with van der Waals surface area (Å²) in [6.45, 7) is 2.47. The van der Waals surface area contributed by atoms with Gasteiger partial charge in [-0.05, 0) is 49.8 Å². The second-order valence-electron chi connectivity index (χ2n) is 10.4. The summed E-state index contributed by atoms with van der Waals surface area (Å²) >= 11 is 0. The lowest BCUT2D eigenvalue weighted by Gasteiger charge is -2.31. The molecule has 0 spiro atoms. The highest BCUT2D eigenvalue weighted by atomic mass is 19.1. The standard InChI is InChI=1S/C29H32FN5O5/c1-38-27-20(30)5-2-6-21(27)33-26-23-24-18(14-32-28(23)36)4-3-13-39-29(37)35-11-8-17(9-12-35)16-40-22-15-31-10-7-19(22)25(26)34-24/h2,5-7,10,15,17-18,33-34H,3-4,8-9,11-14,16H2,1H3,(H,32,36). The lowest BCUT2D eigenvalue weighted by molar-refractivity contribution is 0.0793. The normalized spacial score (nSPS) is 21.0. The minimum atomic E-state index is -0.518. The van der Waals surface area contributed by atoms with Gasteiger partial charge in [-0.1, -0.05) is 6.07 Å². The maximum absolute atomic E-state index is 14.6. The molecule has 6 heterocycles. The summed E-state index contributed by atoms with van der Waals surface area (Å²) in [5.74, 6) is 0.0791. The maximum Gasteiger partial charge on any atom is 0.409 e. The van der Waals surface area contributed by atoms with Gasteiger partial charge >= 0.3 is 6.09 Å². The molecule has 40 heavy (non-hydrogen) atoms. The Hall–Kier alpha value is -4.28. The van der Waals surface area contributed by atoms with Crippen LogP contribution in [0.3, 0.4) is 0 Å². The fourth-order valence-corrected chi connectivity index (χ4v) is 5.76. The molecule has 0 saturated carbocycles. The summed E-state index contributed by atoms with van der Waals surface area (Å²) in [4.78, 5) is 35.5. The highest BCUT2D eigenvalue weighted by Crippen LogP contribution is 2.44. The number of para-hydroxylation sites is 1. The summed E-state index contributed by atoms with van der Waals surface area (Å²) in [5, 5.41) is 6.29. The van der Waals surface area contributed by atoms with E-state index in [0.717, 1.165) is 24.1 Å². The van der Waals surface area contributed by atoms with Gasteiger partial charge in [0.2, 0.25) is 0 Å². The Labute approximate surface area is 231 Å². The van der Waals surface area contributed by atoms with E-state index < -0.39 is 5.82 Å². The van der Waals surface area contributed by atoms with E-state index in [0.29, 0.717) is 74.1 Å². The van der Waals surface area contributed by atoms with E-state index in [4.69, 9.17) is 14.2 Å². The zero-order valence-corrected chi connectivity index (χ0v) is 22.3. The van der Waals surface area contributed by atoms with Crippen molar-refractivity contribution in [3.63, 3.8) is 0 Å². The van der Waals surface area contributed by atoms with Gasteiger partial charge in [-0.15, -0.1) is 0 Å². The topological polar surface area (TPSA) is 118 Å². The predicted octanol–water partition coefficient (Wildman–Crippen LogP) is 4.82. The number of aromatic nitrogens is 2. The molecule has 210 valence electrons. The fourth-order valence-electron chi connectivity index (χ4n) is 5.76. The zero-order chi connectivity index (χ0) is 27.6. The SMILES string of the molecule is COc1c(F)cccc1Nc1c2[nH]c3c1C(=O)NCC3CCCOC(=O)N1CCC(CC1)COc1cnccc1-2. The van der Waals surface area contributed by atoms with Gasteiger partial charge in [0.25, 0.3) is 5.91 Å². The summed E-state index contributed by atoms with van der Waals surface area (Å²) in [7, 11) is 1.40. The third-order valence-electron chi connectivity index (χ3n) is 7.93. The minimum absolute atomic E-state index is 0.0463. The second-order valence-corrected chi connectivity index (χ2v) is 10.4. The molecule has 1 atom stereocenters. The summed E-state index contributed by atoms with van der Waals surface area (Å²) in [5.41, 5.74) is 3.47. The van der Waals surface area contributed by atoms with Crippen molar-refractivity contribution in [3.05, 3.63) is 53.7 Å². The first kappa shape index (κ1) is 26.0. The number of fused-ring (bicyclic) bond motifs is 7. The number of hydrogen-bond donors (Lipinski definition) is 3. The molecule has 4 aliphatic rings. The highest BCUT2D eigenvalue weighted by Gasteiger charge is 2.34. The van der Waals surface area contributed by atoms with Crippen molar-refractivity contribution in [3.8, 4) is 22.8 Å². The number of hydrogen-bond acceptors (Lipinski definition) is 7. The van der Waals surface area contributed by atoms with Gasteiger partial charge in [-0.3, -0.25) is 9.78 Å². The van der Waals surface area contributed by atoms with Crippen LogP contribution in [0.1, 0.15) is 47.7 Å². The van der Waals surface area contributed by atoms with E-state index in [2.05, 4.69) is 20.6 Å². The van der Waals surface area contributed by atoms with Crippen LogP contribution in [-0.4, -0.2) is 66.8 Å². The molecule has 0 aliphatic carbocycles. The Morgan fingerprint density at radius 1 is 1.15 bits per heavy atom. The number of carbonyl (C=O) groups excluding carboxylic acids is 2. The van der Waals surface area contributed by atoms with Crippen molar-refractivity contribution in [2.75, 3.05) is 45.3 Å². The van der Waals surface area contributed by atoms with Gasteiger partial charge in [-0.25, -0.2) is 9.18 Å². The Kier molecular flexibility index (Phi) is 7.19. The number of amides is 2. The van der Waals surface area contributed by atoms with Crippen LogP contribution in [0.15, 0.2) is 36.7 Å². The number of halogens is 1. The summed E-state index contributed by atoms with van der Waals surface area (Å²) in [6, 6.07) is 6.45. The molecular formula is C29H32FN5O5. The third-order valence-corrected chi connectivity index (χ3v) is 7.93. The number of benzene rings is 1. The van der Waals surface area contributed by atoms with Crippen LogP contribution in [-0.2, 0) is 4.74 Å². The van der Waals surface area contributed by atoms with E-state index in [1.54, 1.807) is 29.4 Å². The summed E-state index contributed by atoms with van der Waals surface area (Å²) < 4.78 is 31.8. The number of methoxy groups -OCH3 is 1. The maximum atomic E-state index is 14.6. The number of nitrogens with one attached hydrogen (secondary N) is 3. The largest absolute Gasteiger partial charge is 0.492 e. The molecule has 1 saturated heterocycles. The number of ether oxygens (including phenoxy) is 3. The van der Waals surface area contributed by atoms with Crippen molar-refractivity contribution in [1.82, 2.24) is 20.2 Å². The van der Waals surface area contributed by atoms with E-state index >= 15 is 0 Å². The molecule has 3 N–H and O–H groups in total. The summed E-state index contributed by atoms with van der Waals surface area (Å²) in [6.07, 6.45) is 6.02. The van der Waals surface area contributed by atoms with Gasteiger partial charge in [0.1, 0.15) is 5.75 Å². The van der Waals surface area contributed by atoms with Crippen molar-refractivity contribution >= 4 is 23.4 Å². The van der Waals surface area contributed by atoms with Gasteiger partial charge in [0, 0.05) is 43.0 Å². The predicted molar refractivity (Wildman–Crippen MR) is 146 cm³/mol. The average Bonchev–Trinajstić information content (AvgIpc) is 3.35. The lowest BCUT2D eigenvalue weighted by atomic mass is 9.92. The third kappa shape index (κ3) is 4.91. The van der Waals surface area contributed by atoms with Gasteiger partial charge in [0.05, 0.1) is 49.2 Å². The number of carbonyl (C=O) groups is 2. The first-order valence-corrected chi connectivity index (χ1v) is 13.7. The number of pyridine rings is 1. The number of piperidine rings is 1. The van der Waals surface area contributed by atoms with Crippen LogP contribution in [0.4, 0.5) is 20.6 Å². The van der Waals surface area contributed by atoms with Crippen molar-refractivity contribution in [1.29, 1.82) is 0 Å². The van der Waals surface area contributed by atoms with Crippen LogP contribution in [0.2, 0.25) is 0 Å². The highest BCUT2D eigenvalue weighted by molar-refractivity contribution is 6.07. The number of anilines is 2. The minimum Gasteiger partial charge on any atom is -0.492 e. The first-order valence-electron chi connectivity index (χ1n) is 13.7. The van der Waals surface area contributed by atoms with Gasteiger partial charge in [-0.2, -0.15) is 0 Å². The van der Waals surface area contributed by atoms with Crippen LogP contribution in [0.25, 0.3) is 11.3 Å². The molecule has 4 aliphatic heterocycles. The van der Waals surface area contributed by atoms with Crippen LogP contribution < -0.4 is 20.1 Å². The van der Waals surface area contributed by atoms with E-state index in [1.165, 1.54) is 13.2 Å². The molecule has 10 nitrogen and oxygen atoms in total. The van der Waals surface area contributed by atoms with E-state index in [1.807, 2.05) is 6.07 Å². The average molecular weight is 550 g/mol. The zero-order valence-electron chi connectivity index (χ0n) is 22.3. The Balaban J connectivity index is 1.46. The van der Waals surface area contributed by atoms with Crippen LogP contribution >= 0.6 is 0 Å². The number of nitrogens with zero attached hydrogens (tertiary/aromatic N) is 2. The Morgan fingerprint density at radius 3 is 2.83 bits per heavy atom.